The van der Waals surface area contributed by atoms with E-state index < -0.39 is 0 Å². The number of aromatic nitrogens is 3. The van der Waals surface area contributed by atoms with E-state index in [-0.39, 0.29) is 11.9 Å². The van der Waals surface area contributed by atoms with Gasteiger partial charge in [-0.15, -0.1) is 0 Å². The van der Waals surface area contributed by atoms with Crippen LogP contribution in [-0.2, 0) is 0 Å². The summed E-state index contributed by atoms with van der Waals surface area (Å²) in [5.74, 6) is 1.15. The first-order valence-corrected chi connectivity index (χ1v) is 7.53. The van der Waals surface area contributed by atoms with Crippen LogP contribution in [0, 0.1) is 5.82 Å². The van der Waals surface area contributed by atoms with Crippen molar-refractivity contribution in [1.29, 1.82) is 0 Å². The third-order valence-electron chi connectivity index (χ3n) is 4.02. The van der Waals surface area contributed by atoms with Crippen molar-refractivity contribution >= 4 is 11.6 Å². The number of hydrogen-bond donors (Lipinski definition) is 1. The van der Waals surface area contributed by atoms with Crippen LogP contribution in [0.4, 0.5) is 10.3 Å². The van der Waals surface area contributed by atoms with Gasteiger partial charge in [0, 0.05) is 11.3 Å². The largest absolute Gasteiger partial charge is 0.496 e. The highest BCUT2D eigenvalue weighted by atomic mass is 19.1. The third-order valence-corrected chi connectivity index (χ3v) is 4.02. The van der Waals surface area contributed by atoms with E-state index >= 15 is 0 Å². The number of nitrogens with one attached hydrogen (secondary N) is 1. The van der Waals surface area contributed by atoms with E-state index in [2.05, 4.69) is 15.4 Å². The van der Waals surface area contributed by atoms with Crippen molar-refractivity contribution in [2.24, 2.45) is 0 Å². The molecule has 120 valence electrons. The highest BCUT2D eigenvalue weighted by Gasteiger charge is 2.25. The van der Waals surface area contributed by atoms with Gasteiger partial charge in [0.1, 0.15) is 23.9 Å². The molecule has 1 aliphatic rings. The Morgan fingerprint density at radius 2 is 1.92 bits per heavy atom. The number of fused-ring (bicyclic) bond motifs is 1. The highest BCUT2D eigenvalue weighted by Crippen LogP contribution is 2.35. The zero-order valence-electron chi connectivity index (χ0n) is 13.0. The van der Waals surface area contributed by atoms with Crippen molar-refractivity contribution in [1.82, 2.24) is 14.8 Å². The molecule has 0 amide bonds. The van der Waals surface area contributed by atoms with Crippen LogP contribution in [0.3, 0.4) is 0 Å². The van der Waals surface area contributed by atoms with Gasteiger partial charge in [-0.25, -0.2) is 9.07 Å². The average Bonchev–Trinajstić information content (AvgIpc) is 3.10. The van der Waals surface area contributed by atoms with Crippen molar-refractivity contribution in [2.75, 3.05) is 12.4 Å². The molecule has 5 nitrogen and oxygen atoms in total. The summed E-state index contributed by atoms with van der Waals surface area (Å²) in [4.78, 5) is 4.27. The topological polar surface area (TPSA) is 52.0 Å². The molecule has 6 heteroatoms. The maximum atomic E-state index is 13.2. The van der Waals surface area contributed by atoms with Gasteiger partial charge in [-0.2, -0.15) is 10.1 Å². The fourth-order valence-electron chi connectivity index (χ4n) is 2.86. The molecule has 1 N–H and O–H groups in total. The summed E-state index contributed by atoms with van der Waals surface area (Å²) in [5.41, 5.74) is 2.71. The lowest BCUT2D eigenvalue weighted by Crippen LogP contribution is -2.20. The molecule has 0 unspecified atom stereocenters. The lowest BCUT2D eigenvalue weighted by atomic mass is 10.0. The zero-order valence-corrected chi connectivity index (χ0v) is 13.0. The van der Waals surface area contributed by atoms with Gasteiger partial charge >= 0.3 is 0 Å². The van der Waals surface area contributed by atoms with Gasteiger partial charge in [0.05, 0.1) is 7.11 Å². The van der Waals surface area contributed by atoms with E-state index in [9.17, 15) is 4.39 Å². The molecular weight excluding hydrogens is 307 g/mol. The van der Waals surface area contributed by atoms with Crippen molar-refractivity contribution in [3.63, 3.8) is 0 Å². The summed E-state index contributed by atoms with van der Waals surface area (Å²) in [6.07, 6.45) is 3.54. The van der Waals surface area contributed by atoms with Gasteiger partial charge in [-0.3, -0.25) is 0 Å². The number of ether oxygens (including phenoxy) is 1. The van der Waals surface area contributed by atoms with Gasteiger partial charge < -0.3 is 10.1 Å². The maximum Gasteiger partial charge on any atom is 0.226 e. The van der Waals surface area contributed by atoms with Crippen molar-refractivity contribution in [3.05, 3.63) is 77.9 Å². The van der Waals surface area contributed by atoms with Gasteiger partial charge in [0.2, 0.25) is 5.95 Å². The lowest BCUT2D eigenvalue weighted by Gasteiger charge is -2.25. The molecule has 1 atom stereocenters. The summed E-state index contributed by atoms with van der Waals surface area (Å²) in [5, 5.41) is 7.55. The number of methoxy groups -OCH3 is 1. The summed E-state index contributed by atoms with van der Waals surface area (Å²) in [6, 6.07) is 14.0. The molecule has 0 spiro atoms. The fraction of sp³-hybridized carbons (Fsp3) is 0.111. The Morgan fingerprint density at radius 3 is 2.71 bits per heavy atom. The van der Waals surface area contributed by atoms with Crippen molar-refractivity contribution < 1.29 is 9.13 Å². The molecule has 3 aromatic rings. The molecule has 0 fully saturated rings. The van der Waals surface area contributed by atoms with Crippen LogP contribution in [0.2, 0.25) is 0 Å². The van der Waals surface area contributed by atoms with Gasteiger partial charge in [-0.1, -0.05) is 18.2 Å². The second-order valence-corrected chi connectivity index (χ2v) is 5.43. The second-order valence-electron chi connectivity index (χ2n) is 5.43. The normalized spacial score (nSPS) is 16.1. The molecule has 0 aliphatic carbocycles. The smallest absolute Gasteiger partial charge is 0.226 e. The van der Waals surface area contributed by atoms with Gasteiger partial charge in [0.25, 0.3) is 0 Å². The average molecular weight is 322 g/mol. The Labute approximate surface area is 138 Å². The first kappa shape index (κ1) is 14.4. The third kappa shape index (κ3) is 2.42. The molecule has 0 saturated carbocycles. The summed E-state index contributed by atoms with van der Waals surface area (Å²) in [6.45, 7) is 0. The SMILES string of the molecule is COc1ccccc1[C@@H]1C=C(c2ccc(F)cc2)Nc2ncnn21. The number of allylic oxidation sites excluding steroid dienone is 1. The minimum Gasteiger partial charge on any atom is -0.496 e. The zero-order chi connectivity index (χ0) is 16.5. The van der Waals surface area contributed by atoms with E-state index in [0.29, 0.717) is 5.95 Å². The van der Waals surface area contributed by atoms with Crippen LogP contribution in [0.15, 0.2) is 60.9 Å². The number of nitrogens with zero attached hydrogens (tertiary/aromatic N) is 3. The minimum absolute atomic E-state index is 0.167. The fourth-order valence-corrected chi connectivity index (χ4v) is 2.86. The van der Waals surface area contributed by atoms with E-state index in [0.717, 1.165) is 22.6 Å². The van der Waals surface area contributed by atoms with Crippen LogP contribution in [0.5, 0.6) is 5.75 Å². The minimum atomic E-state index is -0.264. The number of halogens is 1. The summed E-state index contributed by atoms with van der Waals surface area (Å²) in [7, 11) is 1.65. The summed E-state index contributed by atoms with van der Waals surface area (Å²) >= 11 is 0. The van der Waals surface area contributed by atoms with E-state index in [1.807, 2.05) is 30.3 Å². The van der Waals surface area contributed by atoms with E-state index in [4.69, 9.17) is 4.74 Å². The monoisotopic (exact) mass is 322 g/mol. The first-order valence-electron chi connectivity index (χ1n) is 7.53. The number of hydrogen-bond acceptors (Lipinski definition) is 4. The van der Waals surface area contributed by atoms with Crippen LogP contribution in [0.1, 0.15) is 17.2 Å². The Kier molecular flexibility index (Phi) is 3.49. The Morgan fingerprint density at radius 1 is 1.12 bits per heavy atom. The van der Waals surface area contributed by atoms with E-state index in [1.54, 1.807) is 23.9 Å². The number of anilines is 1. The summed E-state index contributed by atoms with van der Waals surface area (Å²) < 4.78 is 20.5. The predicted molar refractivity (Wildman–Crippen MR) is 89.2 cm³/mol. The van der Waals surface area contributed by atoms with Crippen molar-refractivity contribution in [2.45, 2.75) is 6.04 Å². The Hall–Kier alpha value is -3.15. The standard InChI is InChI=1S/C18H15FN4O/c1-24-17-5-3-2-4-14(17)16-10-15(12-6-8-13(19)9-7-12)22-18-20-11-21-23(16)18/h2-11,16H,1H3,(H,20,21,22)/t16-/m0/s1. The number of rotatable bonds is 3. The predicted octanol–water partition coefficient (Wildman–Crippen LogP) is 3.48. The van der Waals surface area contributed by atoms with Crippen molar-refractivity contribution in [3.8, 4) is 5.75 Å². The number of benzene rings is 2. The quantitative estimate of drug-likeness (QED) is 0.802. The first-order chi connectivity index (χ1) is 11.8. The van der Waals surface area contributed by atoms with Gasteiger partial charge in [-0.05, 0) is 42.0 Å². The molecule has 24 heavy (non-hydrogen) atoms. The van der Waals surface area contributed by atoms with Crippen LogP contribution in [0.25, 0.3) is 5.70 Å². The molecule has 0 saturated heterocycles. The van der Waals surface area contributed by atoms with Crippen LogP contribution >= 0.6 is 0 Å². The van der Waals surface area contributed by atoms with Crippen LogP contribution < -0.4 is 10.1 Å². The molecular formula is C18H15FN4O. The molecule has 1 aromatic heterocycles. The Bertz CT molecular complexity index is 901. The highest BCUT2D eigenvalue weighted by molar-refractivity contribution is 5.77. The number of para-hydroxylation sites is 1. The van der Waals surface area contributed by atoms with Crippen LogP contribution in [-0.4, -0.2) is 21.9 Å². The molecule has 2 aromatic carbocycles. The molecule has 1 aliphatic heterocycles. The lowest BCUT2D eigenvalue weighted by molar-refractivity contribution is 0.404. The maximum absolute atomic E-state index is 13.2. The Balaban J connectivity index is 1.83. The molecule has 2 heterocycles. The van der Waals surface area contributed by atoms with Gasteiger partial charge in [0.15, 0.2) is 0 Å². The van der Waals surface area contributed by atoms with E-state index in [1.165, 1.54) is 18.5 Å². The molecule has 4 rings (SSSR count). The molecule has 0 radical (unpaired) electrons. The second kappa shape index (κ2) is 5.81. The molecule has 0 bridgehead atoms.